The summed E-state index contributed by atoms with van der Waals surface area (Å²) < 4.78 is 33.1. The Labute approximate surface area is 287 Å². The van der Waals surface area contributed by atoms with E-state index < -0.39 is 39.2 Å². The number of carbonyl (C=O) groups is 1. The van der Waals surface area contributed by atoms with E-state index in [2.05, 4.69) is 38.2 Å². The third-order valence-electron chi connectivity index (χ3n) is 7.89. The van der Waals surface area contributed by atoms with Crippen molar-refractivity contribution in [2.24, 2.45) is 0 Å². The van der Waals surface area contributed by atoms with Gasteiger partial charge in [0.15, 0.2) is 0 Å². The highest BCUT2D eigenvalue weighted by molar-refractivity contribution is 7.47. The van der Waals surface area contributed by atoms with E-state index in [1.807, 2.05) is 0 Å². The maximum absolute atomic E-state index is 12.5. The van der Waals surface area contributed by atoms with Crippen LogP contribution < -0.4 is 0 Å². The van der Waals surface area contributed by atoms with Crippen LogP contribution in [-0.2, 0) is 27.9 Å². The normalized spacial score (nSPS) is 14.6. The number of hydrogen-bond acceptors (Lipinski definition) is 8. The maximum Gasteiger partial charge on any atom is 0.472 e. The Morgan fingerprint density at radius 2 is 1.15 bits per heavy atom. The molecule has 0 fully saturated rings. The Hall–Kier alpha value is -1.06. The molecular formula is C37H71O9P. The Bertz CT molecular complexity index is 790. The molecule has 47 heavy (non-hydrogen) atoms. The standard InChI is InChI=1S/C37H71O9P/c1-3-5-7-9-11-13-14-15-16-17-18-19-20-21-22-23-25-27-29-37(40)46-36(34-45-47(41,42)44-32-35(39)31-38)33-43-30-28-26-24-12-10-8-6-4-2/h13-14,16-17,35-36,38-39H,3-12,15,18-34H2,1-2H3,(H,41,42)/b14-13-,17-16-. The molecule has 0 saturated carbocycles. The zero-order chi connectivity index (χ0) is 34.7. The van der Waals surface area contributed by atoms with E-state index in [0.29, 0.717) is 6.61 Å². The van der Waals surface area contributed by atoms with Crippen LogP contribution in [0.25, 0.3) is 0 Å². The van der Waals surface area contributed by atoms with Gasteiger partial charge in [0.25, 0.3) is 0 Å². The summed E-state index contributed by atoms with van der Waals surface area (Å²) in [5.41, 5.74) is 0. The first-order chi connectivity index (χ1) is 22.8. The van der Waals surface area contributed by atoms with Gasteiger partial charge in [-0.2, -0.15) is 0 Å². The number of esters is 1. The lowest BCUT2D eigenvalue weighted by Gasteiger charge is -2.20. The summed E-state index contributed by atoms with van der Waals surface area (Å²) in [6.07, 6.45) is 32.8. The summed E-state index contributed by atoms with van der Waals surface area (Å²) in [4.78, 5) is 22.4. The molecule has 0 aliphatic heterocycles. The molecule has 0 aliphatic carbocycles. The number of aliphatic hydroxyl groups is 2. The van der Waals surface area contributed by atoms with Crippen LogP contribution >= 0.6 is 7.82 Å². The average Bonchev–Trinajstić information content (AvgIpc) is 3.06. The lowest BCUT2D eigenvalue weighted by atomic mass is 10.1. The Morgan fingerprint density at radius 3 is 1.72 bits per heavy atom. The molecule has 0 rings (SSSR count). The number of phosphoric acid groups is 1. The number of rotatable bonds is 36. The molecule has 0 aromatic rings. The molecule has 10 heteroatoms. The number of phosphoric ester groups is 1. The second kappa shape index (κ2) is 34.8. The minimum Gasteiger partial charge on any atom is -0.457 e. The average molecular weight is 691 g/mol. The molecule has 0 aliphatic rings. The fourth-order valence-electron chi connectivity index (χ4n) is 4.97. The summed E-state index contributed by atoms with van der Waals surface area (Å²) >= 11 is 0. The molecule has 9 nitrogen and oxygen atoms in total. The van der Waals surface area contributed by atoms with Gasteiger partial charge in [-0.05, 0) is 44.9 Å². The van der Waals surface area contributed by atoms with E-state index in [1.54, 1.807) is 0 Å². The topological polar surface area (TPSA) is 132 Å². The molecule has 0 radical (unpaired) electrons. The first kappa shape index (κ1) is 45.9. The minimum atomic E-state index is -4.50. The molecule has 0 saturated heterocycles. The van der Waals surface area contributed by atoms with E-state index >= 15 is 0 Å². The lowest BCUT2D eigenvalue weighted by Crippen LogP contribution is -2.29. The zero-order valence-electron chi connectivity index (χ0n) is 30.0. The van der Waals surface area contributed by atoms with Crippen molar-refractivity contribution in [1.82, 2.24) is 0 Å². The van der Waals surface area contributed by atoms with Gasteiger partial charge in [0, 0.05) is 13.0 Å². The molecule has 278 valence electrons. The van der Waals surface area contributed by atoms with Gasteiger partial charge in [0.1, 0.15) is 12.2 Å². The number of carbonyl (C=O) groups excluding carboxylic acids is 1. The van der Waals surface area contributed by atoms with Crippen molar-refractivity contribution in [2.45, 2.75) is 174 Å². The quantitative estimate of drug-likeness (QED) is 0.0254. The van der Waals surface area contributed by atoms with Gasteiger partial charge < -0.3 is 24.6 Å². The molecule has 3 unspecified atom stereocenters. The van der Waals surface area contributed by atoms with Crippen LogP contribution in [0.1, 0.15) is 162 Å². The first-order valence-electron chi connectivity index (χ1n) is 18.8. The number of hydrogen-bond donors (Lipinski definition) is 3. The fraction of sp³-hybridized carbons (Fsp3) is 0.865. The highest BCUT2D eigenvalue weighted by Crippen LogP contribution is 2.43. The van der Waals surface area contributed by atoms with Crippen molar-refractivity contribution in [3.63, 3.8) is 0 Å². The first-order valence-corrected chi connectivity index (χ1v) is 20.3. The molecule has 0 bridgehead atoms. The second-order valence-electron chi connectivity index (χ2n) is 12.6. The molecule has 3 N–H and O–H groups in total. The molecular weight excluding hydrogens is 619 g/mol. The molecule has 0 aromatic heterocycles. The maximum atomic E-state index is 12.5. The van der Waals surface area contributed by atoms with Gasteiger partial charge in [-0.15, -0.1) is 0 Å². The second-order valence-corrected chi connectivity index (χ2v) is 14.1. The van der Waals surface area contributed by atoms with Crippen LogP contribution in [0.3, 0.4) is 0 Å². The predicted molar refractivity (Wildman–Crippen MR) is 191 cm³/mol. The van der Waals surface area contributed by atoms with Gasteiger partial charge in [-0.3, -0.25) is 13.8 Å². The monoisotopic (exact) mass is 690 g/mol. The van der Waals surface area contributed by atoms with Gasteiger partial charge in [0.2, 0.25) is 0 Å². The van der Waals surface area contributed by atoms with Crippen LogP contribution in [0.2, 0.25) is 0 Å². The van der Waals surface area contributed by atoms with E-state index in [0.717, 1.165) is 57.8 Å². The van der Waals surface area contributed by atoms with E-state index in [-0.39, 0.29) is 19.6 Å². The van der Waals surface area contributed by atoms with E-state index in [9.17, 15) is 19.4 Å². The van der Waals surface area contributed by atoms with Crippen LogP contribution in [0.4, 0.5) is 0 Å². The minimum absolute atomic E-state index is 0.0481. The van der Waals surface area contributed by atoms with Crippen LogP contribution in [0, 0.1) is 0 Å². The number of aliphatic hydroxyl groups excluding tert-OH is 2. The Balaban J connectivity index is 4.17. The number of allylic oxidation sites excluding steroid dienone is 4. The van der Waals surface area contributed by atoms with Crippen LogP contribution in [-0.4, -0.2) is 66.3 Å². The third-order valence-corrected chi connectivity index (χ3v) is 8.84. The van der Waals surface area contributed by atoms with Gasteiger partial charge >= 0.3 is 13.8 Å². The fourth-order valence-corrected chi connectivity index (χ4v) is 5.76. The van der Waals surface area contributed by atoms with E-state index in [1.165, 1.54) is 83.5 Å². The highest BCUT2D eigenvalue weighted by atomic mass is 31.2. The summed E-state index contributed by atoms with van der Waals surface area (Å²) in [5.74, 6) is -0.392. The van der Waals surface area contributed by atoms with Crippen molar-refractivity contribution >= 4 is 13.8 Å². The van der Waals surface area contributed by atoms with Gasteiger partial charge in [0.05, 0.1) is 26.4 Å². The largest absolute Gasteiger partial charge is 0.472 e. The number of ether oxygens (including phenoxy) is 2. The van der Waals surface area contributed by atoms with Gasteiger partial charge in [-0.1, -0.05) is 134 Å². The summed E-state index contributed by atoms with van der Waals surface area (Å²) in [7, 11) is -4.50. The molecule has 0 spiro atoms. The Kier molecular flexibility index (Phi) is 34.0. The molecule has 3 atom stereocenters. The third kappa shape index (κ3) is 34.6. The zero-order valence-corrected chi connectivity index (χ0v) is 30.9. The smallest absolute Gasteiger partial charge is 0.457 e. The summed E-state index contributed by atoms with van der Waals surface area (Å²) in [5, 5.41) is 18.2. The van der Waals surface area contributed by atoms with E-state index in [4.69, 9.17) is 23.6 Å². The highest BCUT2D eigenvalue weighted by Gasteiger charge is 2.26. The van der Waals surface area contributed by atoms with Crippen LogP contribution in [0.5, 0.6) is 0 Å². The van der Waals surface area contributed by atoms with Crippen LogP contribution in [0.15, 0.2) is 24.3 Å². The number of unbranched alkanes of at least 4 members (excludes halogenated alkanes) is 18. The Morgan fingerprint density at radius 1 is 0.660 bits per heavy atom. The van der Waals surface area contributed by atoms with Crippen molar-refractivity contribution in [3.8, 4) is 0 Å². The van der Waals surface area contributed by atoms with Crippen molar-refractivity contribution in [3.05, 3.63) is 24.3 Å². The van der Waals surface area contributed by atoms with Crippen molar-refractivity contribution in [2.75, 3.05) is 33.0 Å². The predicted octanol–water partition coefficient (Wildman–Crippen LogP) is 9.53. The molecule has 0 heterocycles. The van der Waals surface area contributed by atoms with Gasteiger partial charge in [-0.25, -0.2) is 4.57 Å². The lowest BCUT2D eigenvalue weighted by molar-refractivity contribution is -0.154. The van der Waals surface area contributed by atoms with Crippen molar-refractivity contribution < 1.29 is 43.0 Å². The summed E-state index contributed by atoms with van der Waals surface area (Å²) in [6, 6.07) is 0. The molecule has 0 amide bonds. The molecule has 0 aromatic carbocycles. The summed E-state index contributed by atoms with van der Waals surface area (Å²) in [6.45, 7) is 3.46. The SMILES string of the molecule is CCCCCC/C=C\C/C=C\CCCCCCCCCC(=O)OC(COCCCCCCCCCC)COP(=O)(O)OCC(O)CO. The van der Waals surface area contributed by atoms with Crippen molar-refractivity contribution in [1.29, 1.82) is 0 Å².